The van der Waals surface area contributed by atoms with E-state index in [4.69, 9.17) is 4.74 Å². The molecular formula is C22H17N3O5S. The van der Waals surface area contributed by atoms with Gasteiger partial charge >= 0.3 is 5.97 Å². The van der Waals surface area contributed by atoms with Gasteiger partial charge in [0.2, 0.25) is 0 Å². The smallest absolute Gasteiger partial charge is 0.326 e. The van der Waals surface area contributed by atoms with Crippen molar-refractivity contribution in [3.8, 4) is 11.3 Å². The number of esters is 1. The van der Waals surface area contributed by atoms with Crippen LogP contribution in [0.1, 0.15) is 26.3 Å². The van der Waals surface area contributed by atoms with Crippen molar-refractivity contribution in [2.75, 3.05) is 18.5 Å². The maximum atomic E-state index is 12.3. The normalized spacial score (nSPS) is 12.6. The number of ether oxygens (including phenoxy) is 1. The summed E-state index contributed by atoms with van der Waals surface area (Å²) in [6.07, 6.45) is 0. The lowest BCUT2D eigenvalue weighted by atomic mass is 10.1. The zero-order valence-corrected chi connectivity index (χ0v) is 17.3. The minimum absolute atomic E-state index is 0.242. The first kappa shape index (κ1) is 20.4. The third-order valence-electron chi connectivity index (χ3n) is 4.63. The van der Waals surface area contributed by atoms with Gasteiger partial charge in [-0.25, -0.2) is 4.98 Å². The number of hydrogen-bond acceptors (Lipinski definition) is 7. The van der Waals surface area contributed by atoms with E-state index in [0.717, 1.165) is 21.7 Å². The minimum Gasteiger partial charge on any atom is -0.454 e. The Balaban J connectivity index is 1.29. The first-order valence-corrected chi connectivity index (χ1v) is 10.2. The standard InChI is InChI=1S/C22H17N3O5S/c1-13-6-8-14(9-7-13)17-12-31-22(23-17)24-18(26)11-30-19(27)10-25-20(28)15-4-2-3-5-16(15)21(25)29/h2-9,12H,10-11H2,1H3,(H,23,24,26). The molecule has 1 aliphatic heterocycles. The molecule has 0 spiro atoms. The summed E-state index contributed by atoms with van der Waals surface area (Å²) >= 11 is 1.25. The number of fused-ring (bicyclic) bond motifs is 1. The predicted molar refractivity (Wildman–Crippen MR) is 114 cm³/mol. The lowest BCUT2D eigenvalue weighted by Gasteiger charge is -2.12. The first-order valence-electron chi connectivity index (χ1n) is 9.35. The van der Waals surface area contributed by atoms with Crippen LogP contribution in [-0.4, -0.2) is 46.7 Å². The second kappa shape index (κ2) is 8.49. The van der Waals surface area contributed by atoms with Gasteiger partial charge in [0.15, 0.2) is 11.7 Å². The number of nitrogens with zero attached hydrogens (tertiary/aromatic N) is 2. The van der Waals surface area contributed by atoms with Crippen LogP contribution in [0.25, 0.3) is 11.3 Å². The first-order chi connectivity index (χ1) is 14.9. The van der Waals surface area contributed by atoms with Crippen LogP contribution in [0.15, 0.2) is 53.9 Å². The number of rotatable bonds is 6. The average Bonchev–Trinajstić information content (AvgIpc) is 3.32. The molecule has 2 heterocycles. The number of benzene rings is 2. The molecule has 8 nitrogen and oxygen atoms in total. The molecule has 0 atom stereocenters. The number of hydrogen-bond donors (Lipinski definition) is 1. The van der Waals surface area contributed by atoms with Crippen molar-refractivity contribution in [3.05, 3.63) is 70.6 Å². The van der Waals surface area contributed by atoms with E-state index in [0.29, 0.717) is 5.13 Å². The van der Waals surface area contributed by atoms with Crippen molar-refractivity contribution in [1.82, 2.24) is 9.88 Å². The van der Waals surface area contributed by atoms with Gasteiger partial charge in [-0.2, -0.15) is 0 Å². The van der Waals surface area contributed by atoms with Crippen LogP contribution in [0.2, 0.25) is 0 Å². The van der Waals surface area contributed by atoms with Crippen LogP contribution in [0.4, 0.5) is 5.13 Å². The van der Waals surface area contributed by atoms with E-state index in [-0.39, 0.29) is 11.1 Å². The van der Waals surface area contributed by atoms with Gasteiger partial charge < -0.3 is 4.74 Å². The number of aryl methyl sites for hydroxylation is 1. The Morgan fingerprint density at radius 2 is 1.68 bits per heavy atom. The predicted octanol–water partition coefficient (Wildman–Crippen LogP) is 2.90. The Morgan fingerprint density at radius 1 is 1.03 bits per heavy atom. The van der Waals surface area contributed by atoms with Gasteiger partial charge in [-0.15, -0.1) is 11.3 Å². The fraction of sp³-hybridized carbons (Fsp3) is 0.136. The molecule has 4 rings (SSSR count). The number of amides is 3. The molecule has 0 aliphatic carbocycles. The summed E-state index contributed by atoms with van der Waals surface area (Å²) in [4.78, 5) is 53.8. The maximum absolute atomic E-state index is 12.3. The van der Waals surface area contributed by atoms with Gasteiger partial charge in [-0.05, 0) is 19.1 Å². The van der Waals surface area contributed by atoms with Crippen LogP contribution in [0.5, 0.6) is 0 Å². The Kier molecular flexibility index (Phi) is 5.59. The molecule has 1 aromatic heterocycles. The SMILES string of the molecule is Cc1ccc(-c2csc(NC(=O)COC(=O)CN3C(=O)c4ccccc4C3=O)n2)cc1. The zero-order valence-electron chi connectivity index (χ0n) is 16.5. The van der Waals surface area contributed by atoms with Crippen LogP contribution in [-0.2, 0) is 14.3 Å². The van der Waals surface area contributed by atoms with E-state index in [2.05, 4.69) is 10.3 Å². The van der Waals surface area contributed by atoms with E-state index in [1.165, 1.54) is 23.5 Å². The lowest BCUT2D eigenvalue weighted by molar-refractivity contribution is -0.147. The van der Waals surface area contributed by atoms with Crippen LogP contribution in [0, 0.1) is 6.92 Å². The molecular weight excluding hydrogens is 418 g/mol. The number of carbonyl (C=O) groups is 4. The Bertz CT molecular complexity index is 1150. The third kappa shape index (κ3) is 4.36. The fourth-order valence-electron chi connectivity index (χ4n) is 3.05. The molecule has 1 N–H and O–H groups in total. The van der Waals surface area contributed by atoms with E-state index >= 15 is 0 Å². The van der Waals surface area contributed by atoms with Gasteiger partial charge in [0.25, 0.3) is 17.7 Å². The highest BCUT2D eigenvalue weighted by Crippen LogP contribution is 2.25. The van der Waals surface area contributed by atoms with Crippen molar-refractivity contribution in [3.63, 3.8) is 0 Å². The zero-order chi connectivity index (χ0) is 22.0. The molecule has 0 saturated carbocycles. The Morgan fingerprint density at radius 3 is 2.32 bits per heavy atom. The minimum atomic E-state index is -0.857. The summed E-state index contributed by atoms with van der Waals surface area (Å²) in [5.41, 5.74) is 3.27. The van der Waals surface area contributed by atoms with Crippen molar-refractivity contribution >= 4 is 40.2 Å². The van der Waals surface area contributed by atoms with Crippen molar-refractivity contribution < 1.29 is 23.9 Å². The second-order valence-electron chi connectivity index (χ2n) is 6.85. The van der Waals surface area contributed by atoms with E-state index < -0.39 is 36.8 Å². The van der Waals surface area contributed by atoms with Gasteiger partial charge in [0.05, 0.1) is 16.8 Å². The monoisotopic (exact) mass is 435 g/mol. The number of nitrogens with one attached hydrogen (secondary N) is 1. The molecule has 0 radical (unpaired) electrons. The van der Waals surface area contributed by atoms with Gasteiger partial charge in [0, 0.05) is 10.9 Å². The summed E-state index contributed by atoms with van der Waals surface area (Å²) in [5, 5.41) is 4.75. The summed E-state index contributed by atoms with van der Waals surface area (Å²) < 4.78 is 4.92. The second-order valence-corrected chi connectivity index (χ2v) is 7.71. The molecule has 0 saturated heterocycles. The molecule has 156 valence electrons. The number of anilines is 1. The van der Waals surface area contributed by atoms with Crippen molar-refractivity contribution in [1.29, 1.82) is 0 Å². The molecule has 3 amide bonds. The topological polar surface area (TPSA) is 106 Å². The highest BCUT2D eigenvalue weighted by Gasteiger charge is 2.36. The molecule has 1 aliphatic rings. The number of carbonyl (C=O) groups excluding carboxylic acids is 4. The van der Waals surface area contributed by atoms with Gasteiger partial charge in [0.1, 0.15) is 6.54 Å². The largest absolute Gasteiger partial charge is 0.454 e. The molecule has 31 heavy (non-hydrogen) atoms. The van der Waals surface area contributed by atoms with Gasteiger partial charge in [-0.1, -0.05) is 42.0 Å². The molecule has 3 aromatic rings. The number of imide groups is 1. The molecule has 9 heteroatoms. The van der Waals surface area contributed by atoms with E-state index in [1.807, 2.05) is 36.6 Å². The summed E-state index contributed by atoms with van der Waals surface area (Å²) in [6.45, 7) is 0.877. The van der Waals surface area contributed by atoms with Crippen LogP contribution in [0.3, 0.4) is 0 Å². The molecule has 2 aromatic carbocycles. The van der Waals surface area contributed by atoms with Gasteiger partial charge in [-0.3, -0.25) is 29.4 Å². The number of thiazole rings is 1. The fourth-order valence-corrected chi connectivity index (χ4v) is 3.78. The third-order valence-corrected chi connectivity index (χ3v) is 5.39. The Labute approximate surface area is 181 Å². The summed E-state index contributed by atoms with van der Waals surface area (Å²) in [7, 11) is 0. The quantitative estimate of drug-likeness (QED) is 0.471. The summed E-state index contributed by atoms with van der Waals surface area (Å²) in [6, 6.07) is 14.1. The lowest BCUT2D eigenvalue weighted by Crippen LogP contribution is -2.36. The highest BCUT2D eigenvalue weighted by atomic mass is 32.1. The van der Waals surface area contributed by atoms with Crippen molar-refractivity contribution in [2.45, 2.75) is 6.92 Å². The average molecular weight is 435 g/mol. The van der Waals surface area contributed by atoms with Crippen molar-refractivity contribution in [2.24, 2.45) is 0 Å². The number of aromatic nitrogens is 1. The Hall–Kier alpha value is -3.85. The van der Waals surface area contributed by atoms with E-state index in [1.54, 1.807) is 12.1 Å². The molecule has 0 unspecified atom stereocenters. The maximum Gasteiger partial charge on any atom is 0.326 e. The highest BCUT2D eigenvalue weighted by molar-refractivity contribution is 7.14. The molecule has 0 fully saturated rings. The van der Waals surface area contributed by atoms with Crippen LogP contribution < -0.4 is 5.32 Å². The molecule has 0 bridgehead atoms. The van der Waals surface area contributed by atoms with Crippen LogP contribution >= 0.6 is 11.3 Å². The van der Waals surface area contributed by atoms with E-state index in [9.17, 15) is 19.2 Å². The summed E-state index contributed by atoms with van der Waals surface area (Å²) in [5.74, 6) is -2.55.